The first kappa shape index (κ1) is 12.8. The summed E-state index contributed by atoms with van der Waals surface area (Å²) in [4.78, 5) is 0. The largest absolute Gasteiger partial charge is 0.507 e. The molecule has 0 saturated carbocycles. The third kappa shape index (κ3) is 2.43. The summed E-state index contributed by atoms with van der Waals surface area (Å²) in [5, 5.41) is 15.8. The number of rotatable bonds is 3. The number of benzene rings is 3. The van der Waals surface area contributed by atoms with E-state index in [0.717, 1.165) is 27.0 Å². The standard InChI is InChI=1S/C17H14ClNO/c18-15-8-2-1-5-12(15)11-19-16-9-3-7-14-13(16)6-4-10-17(14)20/h1-10,19-20H,11H2. The van der Waals surface area contributed by atoms with Gasteiger partial charge in [0.15, 0.2) is 0 Å². The maximum Gasteiger partial charge on any atom is 0.123 e. The van der Waals surface area contributed by atoms with E-state index in [1.807, 2.05) is 54.6 Å². The molecule has 3 aromatic rings. The van der Waals surface area contributed by atoms with Gasteiger partial charge in [-0.25, -0.2) is 0 Å². The summed E-state index contributed by atoms with van der Waals surface area (Å²) in [6.45, 7) is 0.647. The van der Waals surface area contributed by atoms with E-state index < -0.39 is 0 Å². The number of fused-ring (bicyclic) bond motifs is 1. The molecular weight excluding hydrogens is 270 g/mol. The Morgan fingerprint density at radius 2 is 1.60 bits per heavy atom. The average Bonchev–Trinajstić information content (AvgIpc) is 2.47. The normalized spacial score (nSPS) is 10.7. The first-order valence-corrected chi connectivity index (χ1v) is 6.81. The fourth-order valence-corrected chi connectivity index (χ4v) is 2.48. The summed E-state index contributed by atoms with van der Waals surface area (Å²) < 4.78 is 0. The molecule has 0 amide bonds. The zero-order valence-electron chi connectivity index (χ0n) is 10.8. The number of hydrogen-bond acceptors (Lipinski definition) is 2. The predicted molar refractivity (Wildman–Crippen MR) is 84.4 cm³/mol. The lowest BCUT2D eigenvalue weighted by Crippen LogP contribution is -2.00. The molecule has 0 atom stereocenters. The molecule has 2 nitrogen and oxygen atoms in total. The zero-order valence-corrected chi connectivity index (χ0v) is 11.6. The second-order valence-electron chi connectivity index (χ2n) is 4.62. The van der Waals surface area contributed by atoms with E-state index in [1.165, 1.54) is 0 Å². The lowest BCUT2D eigenvalue weighted by molar-refractivity contribution is 0.481. The fraction of sp³-hybridized carbons (Fsp3) is 0.0588. The van der Waals surface area contributed by atoms with Crippen molar-refractivity contribution >= 4 is 28.1 Å². The molecule has 100 valence electrons. The Kier molecular flexibility index (Phi) is 3.48. The number of nitrogens with one attached hydrogen (secondary N) is 1. The summed E-state index contributed by atoms with van der Waals surface area (Å²) in [5.41, 5.74) is 2.03. The Balaban J connectivity index is 1.92. The minimum absolute atomic E-state index is 0.295. The molecule has 0 aliphatic heterocycles. The lowest BCUT2D eigenvalue weighted by atomic mass is 10.1. The van der Waals surface area contributed by atoms with Crippen molar-refractivity contribution in [1.82, 2.24) is 0 Å². The van der Waals surface area contributed by atoms with E-state index in [9.17, 15) is 5.11 Å². The Bertz CT molecular complexity index is 755. The average molecular weight is 284 g/mol. The van der Waals surface area contributed by atoms with Gasteiger partial charge in [0.2, 0.25) is 0 Å². The molecule has 0 radical (unpaired) electrons. The highest BCUT2D eigenvalue weighted by atomic mass is 35.5. The van der Waals surface area contributed by atoms with Gasteiger partial charge in [-0.15, -0.1) is 0 Å². The van der Waals surface area contributed by atoms with Crippen LogP contribution < -0.4 is 5.32 Å². The Hall–Kier alpha value is -2.19. The fourth-order valence-electron chi connectivity index (χ4n) is 2.28. The number of halogens is 1. The number of phenols is 1. The van der Waals surface area contributed by atoms with E-state index in [4.69, 9.17) is 11.6 Å². The quantitative estimate of drug-likeness (QED) is 0.723. The maximum atomic E-state index is 9.88. The van der Waals surface area contributed by atoms with Gasteiger partial charge in [-0.1, -0.05) is 54.1 Å². The maximum absolute atomic E-state index is 9.88. The van der Waals surface area contributed by atoms with E-state index in [0.29, 0.717) is 12.3 Å². The summed E-state index contributed by atoms with van der Waals surface area (Å²) in [5.74, 6) is 0.295. The number of hydrogen-bond donors (Lipinski definition) is 2. The van der Waals surface area contributed by atoms with Crippen LogP contribution in [0.4, 0.5) is 5.69 Å². The van der Waals surface area contributed by atoms with Crippen LogP contribution >= 0.6 is 11.6 Å². The summed E-state index contributed by atoms with van der Waals surface area (Å²) in [6, 6.07) is 19.1. The molecule has 3 rings (SSSR count). The Labute approximate surface area is 122 Å². The van der Waals surface area contributed by atoms with Crippen molar-refractivity contribution in [3.63, 3.8) is 0 Å². The molecular formula is C17H14ClNO. The predicted octanol–water partition coefficient (Wildman–Crippen LogP) is 4.81. The van der Waals surface area contributed by atoms with Gasteiger partial charge < -0.3 is 10.4 Å². The molecule has 2 N–H and O–H groups in total. The van der Waals surface area contributed by atoms with Crippen LogP contribution in [0.15, 0.2) is 60.7 Å². The highest BCUT2D eigenvalue weighted by Crippen LogP contribution is 2.30. The van der Waals surface area contributed by atoms with Crippen molar-refractivity contribution in [2.75, 3.05) is 5.32 Å². The van der Waals surface area contributed by atoms with Crippen molar-refractivity contribution in [2.24, 2.45) is 0 Å². The molecule has 0 saturated heterocycles. The van der Waals surface area contributed by atoms with Gasteiger partial charge in [-0.3, -0.25) is 0 Å². The topological polar surface area (TPSA) is 32.3 Å². The summed E-state index contributed by atoms with van der Waals surface area (Å²) in [7, 11) is 0. The van der Waals surface area contributed by atoms with Crippen molar-refractivity contribution in [1.29, 1.82) is 0 Å². The molecule has 0 bridgehead atoms. The van der Waals surface area contributed by atoms with Crippen molar-refractivity contribution < 1.29 is 5.11 Å². The SMILES string of the molecule is Oc1cccc2c(NCc3ccccc3Cl)cccc12. The summed E-state index contributed by atoms with van der Waals surface area (Å²) in [6.07, 6.45) is 0. The van der Waals surface area contributed by atoms with E-state index in [1.54, 1.807) is 6.07 Å². The monoisotopic (exact) mass is 283 g/mol. The summed E-state index contributed by atoms with van der Waals surface area (Å²) >= 11 is 6.15. The van der Waals surface area contributed by atoms with Crippen LogP contribution in [0.2, 0.25) is 5.02 Å². The van der Waals surface area contributed by atoms with Crippen LogP contribution in [-0.4, -0.2) is 5.11 Å². The number of phenolic OH excluding ortho intramolecular Hbond substituents is 1. The first-order valence-electron chi connectivity index (χ1n) is 6.44. The molecule has 0 unspecified atom stereocenters. The Morgan fingerprint density at radius 1 is 0.850 bits per heavy atom. The smallest absolute Gasteiger partial charge is 0.123 e. The molecule has 0 heterocycles. The third-order valence-corrected chi connectivity index (χ3v) is 3.69. The van der Waals surface area contributed by atoms with Crippen LogP contribution in [0.1, 0.15) is 5.56 Å². The zero-order chi connectivity index (χ0) is 13.9. The molecule has 0 spiro atoms. The van der Waals surface area contributed by atoms with E-state index in [2.05, 4.69) is 5.32 Å². The van der Waals surface area contributed by atoms with Gasteiger partial charge in [-0.2, -0.15) is 0 Å². The van der Waals surface area contributed by atoms with Crippen molar-refractivity contribution in [3.05, 3.63) is 71.2 Å². The number of anilines is 1. The van der Waals surface area contributed by atoms with Gasteiger partial charge >= 0.3 is 0 Å². The van der Waals surface area contributed by atoms with Crippen LogP contribution in [0, 0.1) is 0 Å². The molecule has 3 aromatic carbocycles. The highest BCUT2D eigenvalue weighted by molar-refractivity contribution is 6.31. The number of aromatic hydroxyl groups is 1. The minimum Gasteiger partial charge on any atom is -0.507 e. The van der Waals surface area contributed by atoms with E-state index >= 15 is 0 Å². The molecule has 0 fully saturated rings. The minimum atomic E-state index is 0.295. The second kappa shape index (κ2) is 5.43. The van der Waals surface area contributed by atoms with Gasteiger partial charge in [0.1, 0.15) is 5.75 Å². The van der Waals surface area contributed by atoms with Crippen LogP contribution in [0.25, 0.3) is 10.8 Å². The molecule has 0 aliphatic carbocycles. The van der Waals surface area contributed by atoms with E-state index in [-0.39, 0.29) is 0 Å². The van der Waals surface area contributed by atoms with Crippen molar-refractivity contribution in [3.8, 4) is 5.75 Å². The van der Waals surface area contributed by atoms with Gasteiger partial charge in [-0.05, 0) is 23.8 Å². The van der Waals surface area contributed by atoms with Gasteiger partial charge in [0.25, 0.3) is 0 Å². The molecule has 20 heavy (non-hydrogen) atoms. The van der Waals surface area contributed by atoms with Gasteiger partial charge in [0, 0.05) is 28.0 Å². The van der Waals surface area contributed by atoms with Crippen LogP contribution in [0.5, 0.6) is 5.75 Å². The van der Waals surface area contributed by atoms with Crippen molar-refractivity contribution in [2.45, 2.75) is 6.54 Å². The molecule has 0 aliphatic rings. The molecule has 0 aromatic heterocycles. The first-order chi connectivity index (χ1) is 9.75. The second-order valence-corrected chi connectivity index (χ2v) is 5.03. The Morgan fingerprint density at radius 3 is 2.45 bits per heavy atom. The van der Waals surface area contributed by atoms with Crippen LogP contribution in [0.3, 0.4) is 0 Å². The highest BCUT2D eigenvalue weighted by Gasteiger charge is 2.04. The molecule has 3 heteroatoms. The van der Waals surface area contributed by atoms with Crippen LogP contribution in [-0.2, 0) is 6.54 Å². The lowest BCUT2D eigenvalue weighted by Gasteiger charge is -2.11. The van der Waals surface area contributed by atoms with Gasteiger partial charge in [0.05, 0.1) is 0 Å². The third-order valence-electron chi connectivity index (χ3n) is 3.33.